The van der Waals surface area contributed by atoms with Crippen LogP contribution in [0.25, 0.3) is 11.1 Å². The summed E-state index contributed by atoms with van der Waals surface area (Å²) in [5.41, 5.74) is 4.09. The van der Waals surface area contributed by atoms with Crippen molar-refractivity contribution in [3.05, 3.63) is 78.4 Å². The predicted octanol–water partition coefficient (Wildman–Crippen LogP) is 4.74. The predicted molar refractivity (Wildman–Crippen MR) is 114 cm³/mol. The molecule has 0 aromatic heterocycles. The highest BCUT2D eigenvalue weighted by atomic mass is 16.5. The highest BCUT2D eigenvalue weighted by Gasteiger charge is 2.24. The molecule has 5 nitrogen and oxygen atoms in total. The molecule has 3 aromatic rings. The molecule has 1 aliphatic rings. The van der Waals surface area contributed by atoms with Crippen molar-refractivity contribution in [1.82, 2.24) is 0 Å². The van der Waals surface area contributed by atoms with Crippen molar-refractivity contribution >= 4 is 23.2 Å². The van der Waals surface area contributed by atoms with E-state index in [1.165, 1.54) is 0 Å². The largest absolute Gasteiger partial charge is 0.494 e. The molecule has 3 aromatic carbocycles. The summed E-state index contributed by atoms with van der Waals surface area (Å²) in [6, 6.07) is 22.9. The van der Waals surface area contributed by atoms with Crippen LogP contribution in [0.5, 0.6) is 5.75 Å². The van der Waals surface area contributed by atoms with Crippen molar-refractivity contribution < 1.29 is 14.3 Å². The minimum absolute atomic E-state index is 0.0959. The summed E-state index contributed by atoms with van der Waals surface area (Å²) in [7, 11) is 1.56. The van der Waals surface area contributed by atoms with Gasteiger partial charge in [-0.2, -0.15) is 0 Å². The number of rotatable bonds is 5. The first-order valence-corrected chi connectivity index (χ1v) is 9.61. The fourth-order valence-corrected chi connectivity index (χ4v) is 3.53. The Morgan fingerprint density at radius 1 is 0.966 bits per heavy atom. The number of carbonyl (C=O) groups is 2. The Balaban J connectivity index is 1.50. The summed E-state index contributed by atoms with van der Waals surface area (Å²) >= 11 is 0. The summed E-state index contributed by atoms with van der Waals surface area (Å²) in [5, 5.41) is 2.90. The first-order valence-electron chi connectivity index (χ1n) is 9.61. The second-order valence-corrected chi connectivity index (χ2v) is 6.93. The Morgan fingerprint density at radius 2 is 1.69 bits per heavy atom. The van der Waals surface area contributed by atoms with Crippen molar-refractivity contribution in [2.45, 2.75) is 12.8 Å². The van der Waals surface area contributed by atoms with Crippen LogP contribution >= 0.6 is 0 Å². The van der Waals surface area contributed by atoms with Gasteiger partial charge in [-0.1, -0.05) is 42.5 Å². The smallest absolute Gasteiger partial charge is 0.255 e. The molecule has 0 radical (unpaired) electrons. The van der Waals surface area contributed by atoms with Gasteiger partial charge >= 0.3 is 0 Å². The van der Waals surface area contributed by atoms with Crippen LogP contribution in [0.15, 0.2) is 72.8 Å². The van der Waals surface area contributed by atoms with E-state index in [0.717, 1.165) is 23.2 Å². The van der Waals surface area contributed by atoms with E-state index in [9.17, 15) is 9.59 Å². The first-order chi connectivity index (χ1) is 14.2. The normalized spacial score (nSPS) is 13.4. The molecular weight excluding hydrogens is 364 g/mol. The standard InChI is InChI=1S/C24H22N2O3/c1-29-22-16-20(13-14-21(22)26-15-5-8-23(26)27)25-24(28)19-11-9-18(10-12-19)17-6-3-2-4-7-17/h2-4,6-7,9-14,16H,5,8,15H2,1H3,(H,25,28). The van der Waals surface area contributed by atoms with Crippen LogP contribution in [0.1, 0.15) is 23.2 Å². The van der Waals surface area contributed by atoms with Gasteiger partial charge in [0.15, 0.2) is 0 Å². The molecule has 0 spiro atoms. The number of anilines is 2. The second-order valence-electron chi connectivity index (χ2n) is 6.93. The van der Waals surface area contributed by atoms with Gasteiger partial charge in [0.25, 0.3) is 5.91 Å². The second kappa shape index (κ2) is 8.19. The lowest BCUT2D eigenvalue weighted by Crippen LogP contribution is -2.24. The lowest BCUT2D eigenvalue weighted by atomic mass is 10.0. The third kappa shape index (κ3) is 3.99. The number of ether oxygens (including phenoxy) is 1. The van der Waals surface area contributed by atoms with Crippen LogP contribution in [-0.2, 0) is 4.79 Å². The Labute approximate surface area is 169 Å². The van der Waals surface area contributed by atoms with Crippen LogP contribution in [0, 0.1) is 0 Å². The Hall–Kier alpha value is -3.60. The van der Waals surface area contributed by atoms with Gasteiger partial charge in [0, 0.05) is 30.3 Å². The molecule has 0 saturated carbocycles. The molecule has 1 heterocycles. The first kappa shape index (κ1) is 18.7. The number of hydrogen-bond acceptors (Lipinski definition) is 3. The maximum Gasteiger partial charge on any atom is 0.255 e. The minimum atomic E-state index is -0.198. The Morgan fingerprint density at radius 3 is 2.34 bits per heavy atom. The summed E-state index contributed by atoms with van der Waals surface area (Å²) in [6.45, 7) is 0.689. The van der Waals surface area contributed by atoms with Gasteiger partial charge < -0.3 is 15.0 Å². The molecule has 4 rings (SSSR count). The van der Waals surface area contributed by atoms with Gasteiger partial charge in [-0.15, -0.1) is 0 Å². The van der Waals surface area contributed by atoms with Gasteiger partial charge in [0.05, 0.1) is 12.8 Å². The van der Waals surface area contributed by atoms with Crippen molar-refractivity contribution in [2.24, 2.45) is 0 Å². The van der Waals surface area contributed by atoms with Crippen LogP contribution in [0.3, 0.4) is 0 Å². The highest BCUT2D eigenvalue weighted by Crippen LogP contribution is 2.34. The molecule has 29 heavy (non-hydrogen) atoms. The van der Waals surface area contributed by atoms with Crippen molar-refractivity contribution in [1.29, 1.82) is 0 Å². The lowest BCUT2D eigenvalue weighted by molar-refractivity contribution is -0.117. The maximum atomic E-state index is 12.6. The van der Waals surface area contributed by atoms with E-state index < -0.39 is 0 Å². The zero-order valence-corrected chi connectivity index (χ0v) is 16.2. The van der Waals surface area contributed by atoms with E-state index in [2.05, 4.69) is 5.32 Å². The SMILES string of the molecule is COc1cc(NC(=O)c2ccc(-c3ccccc3)cc2)ccc1N1CCCC1=O. The number of nitrogens with zero attached hydrogens (tertiary/aromatic N) is 1. The molecule has 0 bridgehead atoms. The molecule has 1 N–H and O–H groups in total. The molecule has 0 unspecified atom stereocenters. The van der Waals surface area contributed by atoms with Gasteiger partial charge in [0.1, 0.15) is 5.75 Å². The zero-order chi connectivity index (χ0) is 20.2. The summed E-state index contributed by atoms with van der Waals surface area (Å²) < 4.78 is 5.45. The van der Waals surface area contributed by atoms with Gasteiger partial charge in [-0.3, -0.25) is 9.59 Å². The van der Waals surface area contributed by atoms with Crippen LogP contribution in [-0.4, -0.2) is 25.5 Å². The van der Waals surface area contributed by atoms with E-state index in [1.807, 2.05) is 60.7 Å². The molecule has 146 valence electrons. The molecular formula is C24H22N2O3. The maximum absolute atomic E-state index is 12.6. The summed E-state index contributed by atoms with van der Waals surface area (Å²) in [6.07, 6.45) is 1.40. The number of hydrogen-bond donors (Lipinski definition) is 1. The van der Waals surface area contributed by atoms with E-state index in [1.54, 1.807) is 24.1 Å². The summed E-state index contributed by atoms with van der Waals surface area (Å²) in [5.74, 6) is 0.465. The number of nitrogens with one attached hydrogen (secondary N) is 1. The van der Waals surface area contributed by atoms with Crippen LogP contribution in [0.4, 0.5) is 11.4 Å². The fraction of sp³-hybridized carbons (Fsp3) is 0.167. The minimum Gasteiger partial charge on any atom is -0.494 e. The van der Waals surface area contributed by atoms with E-state index in [0.29, 0.717) is 30.0 Å². The average molecular weight is 386 g/mol. The monoisotopic (exact) mass is 386 g/mol. The van der Waals surface area contributed by atoms with E-state index >= 15 is 0 Å². The molecule has 0 atom stereocenters. The van der Waals surface area contributed by atoms with Gasteiger partial charge in [-0.25, -0.2) is 0 Å². The third-order valence-electron chi connectivity index (χ3n) is 5.06. The Kier molecular flexibility index (Phi) is 5.29. The van der Waals surface area contributed by atoms with Crippen molar-refractivity contribution in [2.75, 3.05) is 23.9 Å². The van der Waals surface area contributed by atoms with Crippen molar-refractivity contribution in [3.63, 3.8) is 0 Å². The zero-order valence-electron chi connectivity index (χ0n) is 16.2. The van der Waals surface area contributed by atoms with Crippen molar-refractivity contribution in [3.8, 4) is 16.9 Å². The summed E-state index contributed by atoms with van der Waals surface area (Å²) in [4.78, 5) is 26.4. The number of methoxy groups -OCH3 is 1. The number of carbonyl (C=O) groups excluding carboxylic acids is 2. The Bertz CT molecular complexity index is 1030. The number of amides is 2. The van der Waals surface area contributed by atoms with Crippen LogP contribution < -0.4 is 15.0 Å². The quantitative estimate of drug-likeness (QED) is 0.689. The highest BCUT2D eigenvalue weighted by molar-refractivity contribution is 6.05. The van der Waals surface area contributed by atoms with Crippen LogP contribution in [0.2, 0.25) is 0 Å². The fourth-order valence-electron chi connectivity index (χ4n) is 3.53. The molecule has 1 fully saturated rings. The lowest BCUT2D eigenvalue weighted by Gasteiger charge is -2.19. The van der Waals surface area contributed by atoms with E-state index in [4.69, 9.17) is 4.74 Å². The van der Waals surface area contributed by atoms with Gasteiger partial charge in [-0.05, 0) is 41.8 Å². The molecule has 2 amide bonds. The molecule has 1 saturated heterocycles. The molecule has 1 aliphatic heterocycles. The molecule has 5 heteroatoms. The van der Waals surface area contributed by atoms with E-state index in [-0.39, 0.29) is 11.8 Å². The number of benzene rings is 3. The third-order valence-corrected chi connectivity index (χ3v) is 5.06. The average Bonchev–Trinajstić information content (AvgIpc) is 3.20. The van der Waals surface area contributed by atoms with Gasteiger partial charge in [0.2, 0.25) is 5.91 Å². The molecule has 0 aliphatic carbocycles. The topological polar surface area (TPSA) is 58.6 Å².